The van der Waals surface area contributed by atoms with Gasteiger partial charge in [0, 0.05) is 11.6 Å². The van der Waals surface area contributed by atoms with E-state index in [2.05, 4.69) is 4.98 Å². The number of carbonyl (C=O) groups is 1. The summed E-state index contributed by atoms with van der Waals surface area (Å²) in [6.45, 7) is 1.30. The number of ether oxygens (including phenoxy) is 1. The number of fused-ring (bicyclic) bond motifs is 1. The van der Waals surface area contributed by atoms with Crippen molar-refractivity contribution >= 4 is 55.5 Å². The molecule has 3 aromatic rings. The molecule has 0 spiro atoms. The van der Waals surface area contributed by atoms with Crippen LogP contribution >= 0.6 is 34.3 Å². The molecule has 0 saturated carbocycles. The van der Waals surface area contributed by atoms with Crippen LogP contribution in [0.2, 0.25) is 5.02 Å². The number of carbonyl (C=O) groups excluding carboxylic acids is 1. The van der Waals surface area contributed by atoms with Crippen molar-refractivity contribution in [1.29, 1.82) is 0 Å². The van der Waals surface area contributed by atoms with E-state index in [1.165, 1.54) is 22.7 Å². The molecule has 7 heteroatoms. The van der Waals surface area contributed by atoms with Crippen molar-refractivity contribution in [2.24, 2.45) is 0 Å². The lowest BCUT2D eigenvalue weighted by Gasteiger charge is -2.22. The number of thiazole rings is 1. The molecule has 1 fully saturated rings. The first-order valence-corrected chi connectivity index (χ1v) is 9.81. The van der Waals surface area contributed by atoms with Gasteiger partial charge in [0.25, 0.3) is 5.91 Å². The summed E-state index contributed by atoms with van der Waals surface area (Å²) in [7, 11) is 0. The topological polar surface area (TPSA) is 42.4 Å². The van der Waals surface area contributed by atoms with E-state index in [4.69, 9.17) is 16.3 Å². The molecule has 1 saturated heterocycles. The number of nitrogens with zero attached hydrogens (tertiary/aromatic N) is 2. The van der Waals surface area contributed by atoms with E-state index in [0.29, 0.717) is 21.6 Å². The number of halogens is 1. The summed E-state index contributed by atoms with van der Waals surface area (Å²) in [5, 5.41) is 3.28. The van der Waals surface area contributed by atoms with Gasteiger partial charge in [-0.2, -0.15) is 0 Å². The lowest BCUT2D eigenvalue weighted by molar-refractivity contribution is 0.0920. The van der Waals surface area contributed by atoms with Gasteiger partial charge >= 0.3 is 0 Å². The summed E-state index contributed by atoms with van der Waals surface area (Å²) in [6.07, 6.45) is 2.09. The van der Waals surface area contributed by atoms with Gasteiger partial charge < -0.3 is 4.74 Å². The van der Waals surface area contributed by atoms with Gasteiger partial charge in [0.05, 0.1) is 27.7 Å². The smallest absolute Gasteiger partial charge is 0.270 e. The second kappa shape index (κ2) is 6.80. The van der Waals surface area contributed by atoms with Crippen LogP contribution in [0.1, 0.15) is 22.5 Å². The van der Waals surface area contributed by atoms with Gasteiger partial charge in [-0.05, 0) is 42.5 Å². The van der Waals surface area contributed by atoms with Crippen molar-refractivity contribution < 1.29 is 9.53 Å². The van der Waals surface area contributed by atoms with Crippen LogP contribution < -0.4 is 4.90 Å². The van der Waals surface area contributed by atoms with E-state index < -0.39 is 0 Å². The Morgan fingerprint density at radius 2 is 2.33 bits per heavy atom. The van der Waals surface area contributed by atoms with Crippen LogP contribution in [0.5, 0.6) is 0 Å². The van der Waals surface area contributed by atoms with Crippen LogP contribution in [-0.4, -0.2) is 30.1 Å². The van der Waals surface area contributed by atoms with E-state index >= 15 is 0 Å². The maximum Gasteiger partial charge on any atom is 0.270 e. The number of hydrogen-bond acceptors (Lipinski definition) is 5. The van der Waals surface area contributed by atoms with Crippen molar-refractivity contribution in [1.82, 2.24) is 4.98 Å². The van der Waals surface area contributed by atoms with E-state index in [9.17, 15) is 4.79 Å². The second-order valence-corrected chi connectivity index (χ2v) is 8.03. The minimum Gasteiger partial charge on any atom is -0.376 e. The van der Waals surface area contributed by atoms with Gasteiger partial charge in [0.2, 0.25) is 0 Å². The fourth-order valence-electron chi connectivity index (χ4n) is 2.77. The lowest BCUT2D eigenvalue weighted by Crippen LogP contribution is -2.37. The van der Waals surface area contributed by atoms with Crippen LogP contribution in [0, 0.1) is 0 Å². The van der Waals surface area contributed by atoms with Crippen molar-refractivity contribution in [2.75, 3.05) is 18.1 Å². The molecule has 24 heavy (non-hydrogen) atoms. The van der Waals surface area contributed by atoms with Gasteiger partial charge in [0.1, 0.15) is 0 Å². The van der Waals surface area contributed by atoms with Crippen LogP contribution in [-0.2, 0) is 4.74 Å². The number of anilines is 1. The van der Waals surface area contributed by atoms with Gasteiger partial charge in [0.15, 0.2) is 5.13 Å². The monoisotopic (exact) mass is 378 g/mol. The predicted octanol–water partition coefficient (Wildman–Crippen LogP) is 4.84. The van der Waals surface area contributed by atoms with E-state index in [0.717, 1.165) is 29.7 Å². The highest BCUT2D eigenvalue weighted by atomic mass is 35.5. The third kappa shape index (κ3) is 3.19. The third-order valence-corrected chi connectivity index (χ3v) is 6.09. The Balaban J connectivity index is 1.70. The summed E-state index contributed by atoms with van der Waals surface area (Å²) < 4.78 is 6.71. The molecule has 1 aliphatic heterocycles. The molecule has 1 amide bonds. The number of rotatable bonds is 4. The van der Waals surface area contributed by atoms with E-state index in [1.807, 2.05) is 35.7 Å². The molecule has 0 bridgehead atoms. The Kier molecular flexibility index (Phi) is 4.54. The zero-order chi connectivity index (χ0) is 16.5. The molecule has 124 valence electrons. The first-order valence-electron chi connectivity index (χ1n) is 7.74. The molecule has 0 aliphatic carbocycles. The summed E-state index contributed by atoms with van der Waals surface area (Å²) in [5.41, 5.74) is 0.857. The maximum absolute atomic E-state index is 13.0. The van der Waals surface area contributed by atoms with Crippen LogP contribution in [0.15, 0.2) is 35.7 Å². The Labute approximate surface area is 152 Å². The summed E-state index contributed by atoms with van der Waals surface area (Å²) in [6, 6.07) is 9.33. The maximum atomic E-state index is 13.0. The molecule has 1 aromatic carbocycles. The zero-order valence-corrected chi connectivity index (χ0v) is 15.2. The molecule has 4 nitrogen and oxygen atoms in total. The highest BCUT2D eigenvalue weighted by Gasteiger charge is 2.27. The molecule has 1 aliphatic rings. The standard InChI is InChI=1S/C17H15ClN2O2S2/c18-11-5-6-13-15(9-11)24-17(19-13)20(10-12-3-1-7-22-12)16(21)14-4-2-8-23-14/h2,4-6,8-9,12H,1,3,7,10H2. The first kappa shape index (κ1) is 16.0. The molecule has 4 rings (SSSR count). The summed E-state index contributed by atoms with van der Waals surface area (Å²) in [4.78, 5) is 20.1. The van der Waals surface area contributed by atoms with Crippen LogP contribution in [0.4, 0.5) is 5.13 Å². The fourth-order valence-corrected chi connectivity index (χ4v) is 4.70. The van der Waals surface area contributed by atoms with Crippen molar-refractivity contribution in [3.63, 3.8) is 0 Å². The second-order valence-electron chi connectivity index (χ2n) is 5.64. The Morgan fingerprint density at radius 1 is 1.42 bits per heavy atom. The molecule has 1 atom stereocenters. The van der Waals surface area contributed by atoms with Gasteiger partial charge in [-0.15, -0.1) is 11.3 Å². The minimum absolute atomic E-state index is 0.0225. The number of hydrogen-bond donors (Lipinski definition) is 0. The average molecular weight is 379 g/mol. The third-order valence-electron chi connectivity index (χ3n) is 3.96. The van der Waals surface area contributed by atoms with E-state index in [1.54, 1.807) is 4.90 Å². The minimum atomic E-state index is -0.0225. The number of amides is 1. The number of benzene rings is 1. The molecule has 1 unspecified atom stereocenters. The SMILES string of the molecule is O=C(c1cccs1)N(CC1CCCO1)c1nc2ccc(Cl)cc2s1. The predicted molar refractivity (Wildman–Crippen MR) is 99.6 cm³/mol. The normalized spacial score (nSPS) is 17.5. The molecule has 2 aromatic heterocycles. The lowest BCUT2D eigenvalue weighted by atomic mass is 10.2. The van der Waals surface area contributed by atoms with Gasteiger partial charge in [-0.25, -0.2) is 4.98 Å². The first-order chi connectivity index (χ1) is 11.7. The molecule has 0 N–H and O–H groups in total. The zero-order valence-electron chi connectivity index (χ0n) is 12.8. The van der Waals surface area contributed by atoms with Crippen molar-refractivity contribution in [2.45, 2.75) is 18.9 Å². The van der Waals surface area contributed by atoms with Crippen molar-refractivity contribution in [3.8, 4) is 0 Å². The van der Waals surface area contributed by atoms with Crippen LogP contribution in [0.3, 0.4) is 0 Å². The summed E-state index contributed by atoms with van der Waals surface area (Å²) >= 11 is 9.00. The Hall–Kier alpha value is -1.47. The molecule has 0 radical (unpaired) electrons. The highest BCUT2D eigenvalue weighted by molar-refractivity contribution is 7.22. The fraction of sp³-hybridized carbons (Fsp3) is 0.294. The summed E-state index contributed by atoms with van der Waals surface area (Å²) in [5.74, 6) is -0.0225. The molecular formula is C17H15ClN2O2S2. The number of aromatic nitrogens is 1. The number of thiophene rings is 1. The highest BCUT2D eigenvalue weighted by Crippen LogP contribution is 2.32. The van der Waals surface area contributed by atoms with Crippen LogP contribution in [0.25, 0.3) is 10.2 Å². The molecular weight excluding hydrogens is 364 g/mol. The van der Waals surface area contributed by atoms with Gasteiger partial charge in [-0.1, -0.05) is 29.0 Å². The average Bonchev–Trinajstić information content (AvgIpc) is 3.31. The largest absolute Gasteiger partial charge is 0.376 e. The van der Waals surface area contributed by atoms with Crippen molar-refractivity contribution in [3.05, 3.63) is 45.6 Å². The Morgan fingerprint density at radius 3 is 3.08 bits per heavy atom. The van der Waals surface area contributed by atoms with E-state index in [-0.39, 0.29) is 12.0 Å². The molecule has 3 heterocycles. The Bertz CT molecular complexity index is 857. The van der Waals surface area contributed by atoms with Gasteiger partial charge in [-0.3, -0.25) is 9.69 Å². The quantitative estimate of drug-likeness (QED) is 0.652.